The minimum absolute atomic E-state index is 0.279. The zero-order valence-electron chi connectivity index (χ0n) is 9.52. The van der Waals surface area contributed by atoms with E-state index in [4.69, 9.17) is 4.52 Å². The molecule has 2 heterocycles. The molecule has 6 heteroatoms. The highest BCUT2D eigenvalue weighted by Gasteiger charge is 2.09. The summed E-state index contributed by atoms with van der Waals surface area (Å²) in [5.74, 6) is 0.999. The molecule has 1 N–H and O–H groups in total. The Bertz CT molecular complexity index is 463. The van der Waals surface area contributed by atoms with E-state index < -0.39 is 0 Å². The molecule has 0 unspecified atom stereocenters. The maximum Gasteiger partial charge on any atom is 0.321 e. The maximum atomic E-state index is 5.06. The van der Waals surface area contributed by atoms with Crippen molar-refractivity contribution in [3.05, 3.63) is 21.9 Å². The standard InChI is InChI=1S/C10H14N4OS/c1-6(2)9-13-10(15-14-9)11-4-8-12-7(3)5-16-8/h5-6H,4H2,1-3H3,(H,11,13,14). The van der Waals surface area contributed by atoms with Crippen molar-refractivity contribution in [2.24, 2.45) is 0 Å². The first-order valence-corrected chi connectivity index (χ1v) is 6.01. The fourth-order valence-corrected chi connectivity index (χ4v) is 1.89. The van der Waals surface area contributed by atoms with E-state index in [0.717, 1.165) is 16.5 Å². The van der Waals surface area contributed by atoms with Crippen molar-refractivity contribution in [3.8, 4) is 0 Å². The molecule has 0 spiro atoms. The molecule has 0 fully saturated rings. The Kier molecular flexibility index (Phi) is 3.19. The van der Waals surface area contributed by atoms with Gasteiger partial charge in [-0.2, -0.15) is 4.98 Å². The van der Waals surface area contributed by atoms with Gasteiger partial charge in [0.15, 0.2) is 5.82 Å². The number of nitrogens with zero attached hydrogens (tertiary/aromatic N) is 3. The van der Waals surface area contributed by atoms with Crippen LogP contribution in [0.4, 0.5) is 6.01 Å². The van der Waals surface area contributed by atoms with Crippen molar-refractivity contribution in [2.75, 3.05) is 5.32 Å². The fraction of sp³-hybridized carbons (Fsp3) is 0.500. The highest BCUT2D eigenvalue weighted by atomic mass is 32.1. The average Bonchev–Trinajstić information content (AvgIpc) is 2.83. The van der Waals surface area contributed by atoms with Crippen molar-refractivity contribution in [1.82, 2.24) is 15.1 Å². The van der Waals surface area contributed by atoms with Crippen LogP contribution >= 0.6 is 11.3 Å². The van der Waals surface area contributed by atoms with Gasteiger partial charge in [0.25, 0.3) is 0 Å². The maximum absolute atomic E-state index is 5.06. The molecule has 0 bridgehead atoms. The molecular weight excluding hydrogens is 224 g/mol. The van der Waals surface area contributed by atoms with Crippen LogP contribution in [0.25, 0.3) is 0 Å². The Hall–Kier alpha value is -1.43. The van der Waals surface area contributed by atoms with Gasteiger partial charge < -0.3 is 9.84 Å². The summed E-state index contributed by atoms with van der Waals surface area (Å²) in [6.45, 7) is 6.65. The van der Waals surface area contributed by atoms with Gasteiger partial charge in [-0.25, -0.2) is 4.98 Å². The van der Waals surface area contributed by atoms with Gasteiger partial charge in [0, 0.05) is 17.0 Å². The van der Waals surface area contributed by atoms with Crippen molar-refractivity contribution in [2.45, 2.75) is 33.2 Å². The molecule has 0 aliphatic rings. The lowest BCUT2D eigenvalue weighted by Gasteiger charge is -1.96. The predicted molar refractivity (Wildman–Crippen MR) is 62.6 cm³/mol. The normalized spacial score (nSPS) is 11.0. The molecule has 0 aliphatic carbocycles. The highest BCUT2D eigenvalue weighted by molar-refractivity contribution is 7.09. The number of rotatable bonds is 4. The summed E-state index contributed by atoms with van der Waals surface area (Å²) < 4.78 is 5.06. The Morgan fingerprint density at radius 2 is 2.25 bits per heavy atom. The first-order chi connectivity index (χ1) is 7.65. The second-order valence-corrected chi connectivity index (χ2v) is 4.79. The summed E-state index contributed by atoms with van der Waals surface area (Å²) in [5, 5.41) is 9.96. The van der Waals surface area contributed by atoms with E-state index in [9.17, 15) is 0 Å². The third-order valence-corrected chi connectivity index (χ3v) is 2.98. The lowest BCUT2D eigenvalue weighted by Crippen LogP contribution is -1.99. The lowest BCUT2D eigenvalue weighted by molar-refractivity contribution is 0.419. The molecule has 2 aromatic heterocycles. The van der Waals surface area contributed by atoms with Crippen LogP contribution < -0.4 is 5.32 Å². The van der Waals surface area contributed by atoms with E-state index in [-0.39, 0.29) is 5.92 Å². The minimum atomic E-state index is 0.279. The van der Waals surface area contributed by atoms with E-state index in [1.54, 1.807) is 11.3 Å². The van der Waals surface area contributed by atoms with Crippen LogP contribution in [0.5, 0.6) is 0 Å². The number of nitrogens with one attached hydrogen (secondary N) is 1. The van der Waals surface area contributed by atoms with Crippen LogP contribution in [-0.4, -0.2) is 15.1 Å². The van der Waals surface area contributed by atoms with E-state index in [0.29, 0.717) is 12.6 Å². The first-order valence-electron chi connectivity index (χ1n) is 5.13. The van der Waals surface area contributed by atoms with Gasteiger partial charge in [0.05, 0.1) is 6.54 Å². The van der Waals surface area contributed by atoms with E-state index in [2.05, 4.69) is 20.4 Å². The number of aromatic nitrogens is 3. The molecule has 86 valence electrons. The molecule has 0 saturated carbocycles. The molecule has 0 amide bonds. The molecule has 0 radical (unpaired) electrons. The van der Waals surface area contributed by atoms with Crippen molar-refractivity contribution in [3.63, 3.8) is 0 Å². The Morgan fingerprint density at radius 3 is 2.81 bits per heavy atom. The van der Waals surface area contributed by atoms with Crippen LogP contribution in [0, 0.1) is 6.92 Å². The second-order valence-electron chi connectivity index (χ2n) is 3.85. The molecule has 0 atom stereocenters. The Morgan fingerprint density at radius 1 is 1.44 bits per heavy atom. The summed E-state index contributed by atoms with van der Waals surface area (Å²) in [6.07, 6.45) is 0. The second kappa shape index (κ2) is 4.61. The van der Waals surface area contributed by atoms with Crippen molar-refractivity contribution >= 4 is 17.4 Å². The summed E-state index contributed by atoms with van der Waals surface area (Å²) in [4.78, 5) is 8.55. The number of aryl methyl sites for hydroxylation is 1. The SMILES string of the molecule is Cc1csc(CNc2nc(C(C)C)no2)n1. The number of hydrogen-bond donors (Lipinski definition) is 1. The van der Waals surface area contributed by atoms with Crippen LogP contribution in [-0.2, 0) is 6.54 Å². The predicted octanol–water partition coefficient (Wildman–Crippen LogP) is 2.57. The Balaban J connectivity index is 1.94. The van der Waals surface area contributed by atoms with Crippen LogP contribution in [0.3, 0.4) is 0 Å². The third kappa shape index (κ3) is 2.57. The smallest absolute Gasteiger partial charge is 0.321 e. The molecule has 5 nitrogen and oxygen atoms in total. The molecule has 0 saturated heterocycles. The number of hydrogen-bond acceptors (Lipinski definition) is 6. The number of anilines is 1. The molecule has 0 aliphatic heterocycles. The van der Waals surface area contributed by atoms with Gasteiger partial charge >= 0.3 is 6.01 Å². The zero-order valence-corrected chi connectivity index (χ0v) is 10.3. The minimum Gasteiger partial charge on any atom is -0.331 e. The van der Waals surface area contributed by atoms with Gasteiger partial charge in [-0.15, -0.1) is 11.3 Å². The van der Waals surface area contributed by atoms with E-state index >= 15 is 0 Å². The summed E-state index contributed by atoms with van der Waals surface area (Å²) in [7, 11) is 0. The third-order valence-electron chi connectivity index (χ3n) is 2.02. The molecule has 2 aromatic rings. The zero-order chi connectivity index (χ0) is 11.5. The van der Waals surface area contributed by atoms with Gasteiger partial charge in [-0.3, -0.25) is 0 Å². The number of thiazole rings is 1. The van der Waals surface area contributed by atoms with Gasteiger partial charge in [0.1, 0.15) is 5.01 Å². The summed E-state index contributed by atoms with van der Waals surface area (Å²) >= 11 is 1.62. The topological polar surface area (TPSA) is 63.8 Å². The van der Waals surface area contributed by atoms with Gasteiger partial charge in [0.2, 0.25) is 0 Å². The largest absolute Gasteiger partial charge is 0.331 e. The van der Waals surface area contributed by atoms with Crippen molar-refractivity contribution < 1.29 is 4.52 Å². The Labute approximate surface area is 97.9 Å². The highest BCUT2D eigenvalue weighted by Crippen LogP contribution is 2.14. The molecule has 16 heavy (non-hydrogen) atoms. The fourth-order valence-electron chi connectivity index (χ4n) is 1.18. The lowest BCUT2D eigenvalue weighted by atomic mass is 10.2. The summed E-state index contributed by atoms with van der Waals surface area (Å²) in [6, 6.07) is 0.455. The van der Waals surface area contributed by atoms with Crippen LogP contribution in [0.1, 0.15) is 36.3 Å². The quantitative estimate of drug-likeness (QED) is 0.886. The van der Waals surface area contributed by atoms with Crippen LogP contribution in [0.15, 0.2) is 9.90 Å². The molecule has 0 aromatic carbocycles. The average molecular weight is 238 g/mol. The monoisotopic (exact) mass is 238 g/mol. The van der Waals surface area contributed by atoms with Crippen molar-refractivity contribution in [1.29, 1.82) is 0 Å². The molecule has 2 rings (SSSR count). The van der Waals surface area contributed by atoms with Crippen LogP contribution in [0.2, 0.25) is 0 Å². The van der Waals surface area contributed by atoms with E-state index in [1.165, 1.54) is 0 Å². The first kappa shape index (κ1) is 11.1. The van der Waals surface area contributed by atoms with Gasteiger partial charge in [-0.1, -0.05) is 19.0 Å². The summed E-state index contributed by atoms with van der Waals surface area (Å²) in [5.41, 5.74) is 1.04. The molecular formula is C10H14N4OS. The van der Waals surface area contributed by atoms with E-state index in [1.807, 2.05) is 26.2 Å². The van der Waals surface area contributed by atoms with Gasteiger partial charge in [-0.05, 0) is 6.92 Å².